The number of nitrogens with zero attached hydrogens (tertiary/aromatic N) is 1. The largest absolute Gasteiger partial charge is 0.508 e. The Balaban J connectivity index is 2.34. The maximum atomic E-state index is 11.3. The molecule has 2 rings (SSSR count). The van der Waals surface area contributed by atoms with E-state index in [9.17, 15) is 9.90 Å². The fraction of sp³-hybridized carbons (Fsp3) is 0. The molecule has 0 saturated carbocycles. The lowest BCUT2D eigenvalue weighted by Gasteiger charge is -2.05. The van der Waals surface area contributed by atoms with Crippen LogP contribution >= 0.6 is 22.6 Å². The Hall–Kier alpha value is -1.57. The number of halogens is 1. The maximum Gasteiger partial charge on any atom is 0.268 e. The number of nitrogens with one attached hydrogen (secondary N) is 1. The van der Waals surface area contributed by atoms with E-state index in [1.54, 1.807) is 12.1 Å². The fourth-order valence-corrected chi connectivity index (χ4v) is 1.50. The molecule has 0 amide bonds. The Morgan fingerprint density at radius 3 is 3.00 bits per heavy atom. The van der Waals surface area contributed by atoms with Crippen molar-refractivity contribution in [1.29, 1.82) is 0 Å². The van der Waals surface area contributed by atoms with Crippen molar-refractivity contribution in [2.24, 2.45) is 0 Å². The second-order valence-electron chi connectivity index (χ2n) is 2.95. The van der Waals surface area contributed by atoms with E-state index in [1.165, 1.54) is 18.5 Å². The van der Waals surface area contributed by atoms with Gasteiger partial charge in [-0.3, -0.25) is 4.79 Å². The number of rotatable bonds is 2. The van der Waals surface area contributed by atoms with Crippen LogP contribution in [0.1, 0.15) is 0 Å². The molecule has 1 aromatic heterocycles. The Labute approximate surface area is 104 Å². The molecular formula is C10H7IN2O3. The standard InChI is InChI=1S/C10H7IN2O3/c11-8-9(15)12-5-13-10(8)16-7-3-1-2-6(14)4-7/h1-5,14H,(H,12,13,15). The number of phenols is 1. The lowest BCUT2D eigenvalue weighted by molar-refractivity contribution is 0.441. The minimum Gasteiger partial charge on any atom is -0.508 e. The van der Waals surface area contributed by atoms with Gasteiger partial charge < -0.3 is 14.8 Å². The van der Waals surface area contributed by atoms with Crippen molar-refractivity contribution >= 4 is 22.6 Å². The summed E-state index contributed by atoms with van der Waals surface area (Å²) in [5.74, 6) is 0.739. The van der Waals surface area contributed by atoms with Crippen LogP contribution in [0.5, 0.6) is 17.4 Å². The minimum absolute atomic E-state index is 0.0948. The van der Waals surface area contributed by atoms with Crippen LogP contribution in [-0.2, 0) is 0 Å². The highest BCUT2D eigenvalue weighted by molar-refractivity contribution is 14.1. The van der Waals surface area contributed by atoms with E-state index < -0.39 is 0 Å². The predicted octanol–water partition coefficient (Wildman–Crippen LogP) is 1.87. The van der Waals surface area contributed by atoms with E-state index in [-0.39, 0.29) is 17.2 Å². The van der Waals surface area contributed by atoms with Crippen LogP contribution in [0.4, 0.5) is 0 Å². The molecule has 0 spiro atoms. The van der Waals surface area contributed by atoms with Gasteiger partial charge in [0.15, 0.2) is 0 Å². The zero-order valence-electron chi connectivity index (χ0n) is 7.98. The van der Waals surface area contributed by atoms with Gasteiger partial charge in [0, 0.05) is 6.07 Å². The van der Waals surface area contributed by atoms with Crippen molar-refractivity contribution in [2.45, 2.75) is 0 Å². The van der Waals surface area contributed by atoms with Gasteiger partial charge in [0.2, 0.25) is 5.88 Å². The maximum absolute atomic E-state index is 11.3. The normalized spacial score (nSPS) is 10.1. The Bertz CT molecular complexity index is 568. The Morgan fingerprint density at radius 2 is 2.25 bits per heavy atom. The molecule has 0 fully saturated rings. The zero-order valence-corrected chi connectivity index (χ0v) is 10.1. The van der Waals surface area contributed by atoms with Gasteiger partial charge >= 0.3 is 0 Å². The van der Waals surface area contributed by atoms with Crippen LogP contribution in [0.3, 0.4) is 0 Å². The summed E-state index contributed by atoms with van der Waals surface area (Å²) in [5.41, 5.74) is -0.259. The second kappa shape index (κ2) is 4.52. The fourth-order valence-electron chi connectivity index (χ4n) is 1.10. The van der Waals surface area contributed by atoms with Crippen molar-refractivity contribution in [3.63, 3.8) is 0 Å². The van der Waals surface area contributed by atoms with Gasteiger partial charge in [-0.05, 0) is 34.7 Å². The molecule has 1 heterocycles. The molecule has 1 aromatic carbocycles. The van der Waals surface area contributed by atoms with E-state index in [2.05, 4.69) is 9.97 Å². The van der Waals surface area contributed by atoms with Crippen LogP contribution in [0.15, 0.2) is 35.4 Å². The predicted molar refractivity (Wildman–Crippen MR) is 65.8 cm³/mol. The lowest BCUT2D eigenvalue weighted by atomic mass is 10.3. The summed E-state index contributed by atoms with van der Waals surface area (Å²) in [7, 11) is 0. The van der Waals surface area contributed by atoms with Crippen molar-refractivity contribution in [2.75, 3.05) is 0 Å². The van der Waals surface area contributed by atoms with Crippen molar-refractivity contribution in [3.05, 3.63) is 44.5 Å². The molecule has 0 aliphatic heterocycles. The number of aromatic amines is 1. The highest BCUT2D eigenvalue weighted by Crippen LogP contribution is 2.24. The topological polar surface area (TPSA) is 75.2 Å². The van der Waals surface area contributed by atoms with E-state index in [0.717, 1.165) is 0 Å². The van der Waals surface area contributed by atoms with Gasteiger partial charge in [0.25, 0.3) is 5.56 Å². The number of H-pyrrole nitrogens is 1. The molecule has 0 atom stereocenters. The van der Waals surface area contributed by atoms with Gasteiger partial charge in [0.05, 0.1) is 6.33 Å². The first kappa shape index (κ1) is 10.9. The van der Waals surface area contributed by atoms with Gasteiger partial charge in [0.1, 0.15) is 15.1 Å². The molecule has 2 aromatic rings. The molecule has 5 nitrogen and oxygen atoms in total. The van der Waals surface area contributed by atoms with Crippen LogP contribution in [0, 0.1) is 3.57 Å². The lowest BCUT2D eigenvalue weighted by Crippen LogP contribution is -2.11. The van der Waals surface area contributed by atoms with Gasteiger partial charge in [-0.25, -0.2) is 4.98 Å². The first-order valence-electron chi connectivity index (χ1n) is 4.37. The quantitative estimate of drug-likeness (QED) is 0.825. The van der Waals surface area contributed by atoms with Crippen LogP contribution in [0.2, 0.25) is 0 Å². The summed E-state index contributed by atoms with van der Waals surface area (Å²) in [6.07, 6.45) is 1.27. The third-order valence-corrected chi connectivity index (χ3v) is 2.75. The monoisotopic (exact) mass is 330 g/mol. The smallest absolute Gasteiger partial charge is 0.268 e. The van der Waals surface area contributed by atoms with Crippen molar-refractivity contribution < 1.29 is 9.84 Å². The van der Waals surface area contributed by atoms with Crippen molar-refractivity contribution in [3.8, 4) is 17.4 Å². The Morgan fingerprint density at radius 1 is 1.44 bits per heavy atom. The minimum atomic E-state index is -0.259. The molecule has 6 heteroatoms. The number of aromatic nitrogens is 2. The first-order chi connectivity index (χ1) is 7.66. The third kappa shape index (κ3) is 2.32. The molecule has 2 N–H and O–H groups in total. The second-order valence-corrected chi connectivity index (χ2v) is 4.03. The van der Waals surface area contributed by atoms with Gasteiger partial charge in [-0.15, -0.1) is 0 Å². The summed E-state index contributed by atoms with van der Waals surface area (Å²) in [4.78, 5) is 17.6. The summed E-state index contributed by atoms with van der Waals surface area (Å²) in [6.45, 7) is 0. The first-order valence-corrected chi connectivity index (χ1v) is 5.45. The van der Waals surface area contributed by atoms with Crippen molar-refractivity contribution in [1.82, 2.24) is 9.97 Å². The molecule has 16 heavy (non-hydrogen) atoms. The third-order valence-electron chi connectivity index (χ3n) is 1.80. The molecular weight excluding hydrogens is 323 g/mol. The summed E-state index contributed by atoms with van der Waals surface area (Å²) in [6, 6.07) is 6.28. The van der Waals surface area contributed by atoms with E-state index in [4.69, 9.17) is 4.74 Å². The number of hydrogen-bond donors (Lipinski definition) is 2. The van der Waals surface area contributed by atoms with Crippen LogP contribution in [-0.4, -0.2) is 15.1 Å². The van der Waals surface area contributed by atoms with Gasteiger partial charge in [-0.2, -0.15) is 0 Å². The highest BCUT2D eigenvalue weighted by atomic mass is 127. The SMILES string of the molecule is O=c1[nH]cnc(Oc2cccc(O)c2)c1I. The average molecular weight is 330 g/mol. The van der Waals surface area contributed by atoms with E-state index in [1.807, 2.05) is 22.6 Å². The molecule has 0 saturated heterocycles. The number of aromatic hydroxyl groups is 1. The molecule has 0 radical (unpaired) electrons. The number of benzene rings is 1. The number of phenolic OH excluding ortho intramolecular Hbond substituents is 1. The molecule has 82 valence electrons. The molecule has 0 aliphatic rings. The van der Waals surface area contributed by atoms with Crippen LogP contribution < -0.4 is 10.3 Å². The summed E-state index contributed by atoms with van der Waals surface area (Å²) >= 11 is 1.85. The summed E-state index contributed by atoms with van der Waals surface area (Å²) in [5, 5.41) is 9.24. The number of ether oxygens (including phenoxy) is 1. The van der Waals surface area contributed by atoms with Crippen LogP contribution in [0.25, 0.3) is 0 Å². The zero-order chi connectivity index (χ0) is 11.5. The van der Waals surface area contributed by atoms with E-state index in [0.29, 0.717) is 9.32 Å². The van der Waals surface area contributed by atoms with E-state index >= 15 is 0 Å². The molecule has 0 bridgehead atoms. The van der Waals surface area contributed by atoms with Gasteiger partial charge in [-0.1, -0.05) is 6.07 Å². The Kier molecular flexibility index (Phi) is 3.09. The average Bonchev–Trinajstić information content (AvgIpc) is 2.25. The number of hydrogen-bond acceptors (Lipinski definition) is 4. The molecule has 0 unspecified atom stereocenters. The highest BCUT2D eigenvalue weighted by Gasteiger charge is 2.07. The molecule has 0 aliphatic carbocycles. The summed E-state index contributed by atoms with van der Waals surface area (Å²) < 4.78 is 5.74.